The minimum Gasteiger partial charge on any atom is -0.490 e. The van der Waals surface area contributed by atoms with Crippen molar-refractivity contribution in [2.45, 2.75) is 52.7 Å². The molecule has 0 aliphatic rings. The zero-order chi connectivity index (χ0) is 12.8. The number of nitrogens with one attached hydrogen (secondary N) is 1. The van der Waals surface area contributed by atoms with Crippen LogP contribution in [0, 0.1) is 6.92 Å². The average Bonchev–Trinajstić information content (AvgIpc) is 2.36. The standard InChI is InChI=1S/C15H25NO/c1-6-14(7-2)17-15-9-8-13(10-11(15)3)12(4)16-5/h8-10,12,14,16H,6-7H2,1-5H3. The van der Waals surface area contributed by atoms with E-state index in [9.17, 15) is 0 Å². The van der Waals surface area contributed by atoms with E-state index < -0.39 is 0 Å². The third-order valence-corrected chi connectivity index (χ3v) is 3.34. The highest BCUT2D eigenvalue weighted by atomic mass is 16.5. The van der Waals surface area contributed by atoms with Gasteiger partial charge in [0.15, 0.2) is 0 Å². The van der Waals surface area contributed by atoms with Crippen molar-refractivity contribution in [2.75, 3.05) is 7.05 Å². The van der Waals surface area contributed by atoms with Gasteiger partial charge in [-0.1, -0.05) is 26.0 Å². The molecule has 96 valence electrons. The van der Waals surface area contributed by atoms with E-state index in [2.05, 4.69) is 51.2 Å². The summed E-state index contributed by atoms with van der Waals surface area (Å²) in [5.41, 5.74) is 2.53. The zero-order valence-corrected chi connectivity index (χ0v) is 11.7. The summed E-state index contributed by atoms with van der Waals surface area (Å²) in [6.07, 6.45) is 2.45. The lowest BCUT2D eigenvalue weighted by atomic mass is 10.1. The Morgan fingerprint density at radius 3 is 2.35 bits per heavy atom. The molecule has 0 heterocycles. The fraction of sp³-hybridized carbons (Fsp3) is 0.600. The van der Waals surface area contributed by atoms with E-state index in [1.165, 1.54) is 11.1 Å². The maximum absolute atomic E-state index is 5.99. The van der Waals surface area contributed by atoms with Crippen molar-refractivity contribution < 1.29 is 4.74 Å². The molecule has 1 N–H and O–H groups in total. The Bertz CT molecular complexity index is 345. The van der Waals surface area contributed by atoms with Crippen LogP contribution < -0.4 is 10.1 Å². The summed E-state index contributed by atoms with van der Waals surface area (Å²) in [6, 6.07) is 6.83. The van der Waals surface area contributed by atoms with Crippen LogP contribution >= 0.6 is 0 Å². The van der Waals surface area contributed by atoms with Crippen molar-refractivity contribution in [3.8, 4) is 5.75 Å². The summed E-state index contributed by atoms with van der Waals surface area (Å²) >= 11 is 0. The Kier molecular flexibility index (Phi) is 5.49. The van der Waals surface area contributed by atoms with Gasteiger partial charge in [0.1, 0.15) is 5.75 Å². The maximum Gasteiger partial charge on any atom is 0.122 e. The van der Waals surface area contributed by atoms with Crippen molar-refractivity contribution in [2.24, 2.45) is 0 Å². The summed E-state index contributed by atoms with van der Waals surface area (Å²) in [4.78, 5) is 0. The summed E-state index contributed by atoms with van der Waals surface area (Å²) in [5, 5.41) is 3.25. The first-order chi connectivity index (χ1) is 8.12. The third kappa shape index (κ3) is 3.74. The van der Waals surface area contributed by atoms with Gasteiger partial charge in [0.25, 0.3) is 0 Å². The van der Waals surface area contributed by atoms with Crippen LogP contribution in [0.4, 0.5) is 0 Å². The molecule has 1 unspecified atom stereocenters. The molecule has 2 nitrogen and oxygen atoms in total. The van der Waals surface area contributed by atoms with E-state index >= 15 is 0 Å². The number of hydrogen-bond donors (Lipinski definition) is 1. The van der Waals surface area contributed by atoms with E-state index in [4.69, 9.17) is 4.74 Å². The van der Waals surface area contributed by atoms with Crippen molar-refractivity contribution >= 4 is 0 Å². The van der Waals surface area contributed by atoms with Gasteiger partial charge in [-0.2, -0.15) is 0 Å². The van der Waals surface area contributed by atoms with Crippen molar-refractivity contribution in [1.29, 1.82) is 0 Å². The fourth-order valence-electron chi connectivity index (χ4n) is 1.88. The minimum absolute atomic E-state index is 0.335. The van der Waals surface area contributed by atoms with Crippen LogP contribution in [0.2, 0.25) is 0 Å². The van der Waals surface area contributed by atoms with Gasteiger partial charge in [0.2, 0.25) is 0 Å². The molecule has 0 radical (unpaired) electrons. The lowest BCUT2D eigenvalue weighted by Crippen LogP contribution is -2.15. The second-order valence-electron chi connectivity index (χ2n) is 4.59. The number of benzene rings is 1. The van der Waals surface area contributed by atoms with Crippen LogP contribution in [0.25, 0.3) is 0 Å². The Hall–Kier alpha value is -1.02. The Morgan fingerprint density at radius 2 is 1.88 bits per heavy atom. The molecule has 0 amide bonds. The molecule has 1 aromatic rings. The van der Waals surface area contributed by atoms with Crippen molar-refractivity contribution in [3.05, 3.63) is 29.3 Å². The molecule has 0 spiro atoms. The third-order valence-electron chi connectivity index (χ3n) is 3.34. The molecule has 0 saturated carbocycles. The summed E-state index contributed by atoms with van der Waals surface area (Å²) < 4.78 is 5.99. The molecule has 1 rings (SSSR count). The molecule has 2 heteroatoms. The number of ether oxygens (including phenoxy) is 1. The van der Waals surface area contributed by atoms with E-state index in [1.807, 2.05) is 7.05 Å². The first-order valence-corrected chi connectivity index (χ1v) is 6.56. The molecular weight excluding hydrogens is 210 g/mol. The molecule has 0 aromatic heterocycles. The largest absolute Gasteiger partial charge is 0.490 e. The second kappa shape index (κ2) is 6.65. The molecular formula is C15H25NO. The second-order valence-corrected chi connectivity index (χ2v) is 4.59. The number of rotatable bonds is 6. The molecule has 0 bridgehead atoms. The lowest BCUT2D eigenvalue weighted by Gasteiger charge is -2.19. The van der Waals surface area contributed by atoms with Crippen LogP contribution in [-0.2, 0) is 0 Å². The molecule has 0 aliphatic carbocycles. The summed E-state index contributed by atoms with van der Waals surface area (Å²) in [6.45, 7) is 8.61. The molecule has 0 fully saturated rings. The fourth-order valence-corrected chi connectivity index (χ4v) is 1.88. The first-order valence-electron chi connectivity index (χ1n) is 6.56. The lowest BCUT2D eigenvalue weighted by molar-refractivity contribution is 0.191. The van der Waals surface area contributed by atoms with Crippen LogP contribution in [-0.4, -0.2) is 13.2 Å². The van der Waals surface area contributed by atoms with Gasteiger partial charge in [-0.05, 0) is 50.9 Å². The summed E-state index contributed by atoms with van der Waals surface area (Å²) in [5.74, 6) is 1.02. The van der Waals surface area contributed by atoms with Gasteiger partial charge in [-0.15, -0.1) is 0 Å². The molecule has 0 aliphatic heterocycles. The van der Waals surface area contributed by atoms with E-state index in [0.717, 1.165) is 18.6 Å². The maximum atomic E-state index is 5.99. The Labute approximate surface area is 105 Å². The minimum atomic E-state index is 0.335. The summed E-state index contributed by atoms with van der Waals surface area (Å²) in [7, 11) is 1.98. The van der Waals surface area contributed by atoms with Crippen LogP contribution in [0.1, 0.15) is 50.8 Å². The first kappa shape index (κ1) is 14.0. The highest BCUT2D eigenvalue weighted by Crippen LogP contribution is 2.24. The van der Waals surface area contributed by atoms with E-state index in [0.29, 0.717) is 12.1 Å². The quantitative estimate of drug-likeness (QED) is 0.809. The molecule has 1 aromatic carbocycles. The topological polar surface area (TPSA) is 21.3 Å². The monoisotopic (exact) mass is 235 g/mol. The predicted molar refractivity (Wildman–Crippen MR) is 73.7 cm³/mol. The van der Waals surface area contributed by atoms with Gasteiger partial charge in [-0.25, -0.2) is 0 Å². The van der Waals surface area contributed by atoms with Crippen LogP contribution in [0.3, 0.4) is 0 Å². The number of aryl methyl sites for hydroxylation is 1. The predicted octanol–water partition coefficient (Wildman–Crippen LogP) is 3.84. The smallest absolute Gasteiger partial charge is 0.122 e. The highest BCUT2D eigenvalue weighted by Gasteiger charge is 2.09. The van der Waals surface area contributed by atoms with Gasteiger partial charge in [-0.3, -0.25) is 0 Å². The Morgan fingerprint density at radius 1 is 1.24 bits per heavy atom. The molecule has 17 heavy (non-hydrogen) atoms. The SMILES string of the molecule is CCC(CC)Oc1ccc(C(C)NC)cc1C. The average molecular weight is 235 g/mol. The van der Waals surface area contributed by atoms with E-state index in [1.54, 1.807) is 0 Å². The molecule has 0 saturated heterocycles. The van der Waals surface area contributed by atoms with Crippen LogP contribution in [0.15, 0.2) is 18.2 Å². The van der Waals surface area contributed by atoms with Crippen molar-refractivity contribution in [3.63, 3.8) is 0 Å². The number of hydrogen-bond acceptors (Lipinski definition) is 2. The highest BCUT2D eigenvalue weighted by molar-refractivity contribution is 5.37. The molecule has 1 atom stereocenters. The van der Waals surface area contributed by atoms with Gasteiger partial charge >= 0.3 is 0 Å². The van der Waals surface area contributed by atoms with Gasteiger partial charge in [0, 0.05) is 6.04 Å². The van der Waals surface area contributed by atoms with E-state index in [-0.39, 0.29) is 0 Å². The van der Waals surface area contributed by atoms with Gasteiger partial charge < -0.3 is 10.1 Å². The van der Waals surface area contributed by atoms with Gasteiger partial charge in [0.05, 0.1) is 6.10 Å². The van der Waals surface area contributed by atoms with Crippen molar-refractivity contribution in [1.82, 2.24) is 5.32 Å². The Balaban J connectivity index is 2.82. The zero-order valence-electron chi connectivity index (χ0n) is 11.7. The van der Waals surface area contributed by atoms with Crippen LogP contribution in [0.5, 0.6) is 5.75 Å². The normalized spacial score (nSPS) is 12.8.